The fourth-order valence-electron chi connectivity index (χ4n) is 4.60. The molecular weight excluding hydrogens is 471 g/mol. The Hall–Kier alpha value is -3.06. The van der Waals surface area contributed by atoms with E-state index < -0.39 is 0 Å². The first-order valence-corrected chi connectivity index (χ1v) is 11.8. The molecule has 0 aliphatic carbocycles. The molecule has 0 fully saturated rings. The number of hydrogen-bond acceptors (Lipinski definition) is 5. The number of carbonyl (C=O) groups excluding carboxylic acids is 1. The number of fused-ring (bicyclic) bond motifs is 1. The molecule has 0 aromatic heterocycles. The number of nitrogens with zero attached hydrogens (tertiary/aromatic N) is 3. The monoisotopic (exact) mass is 494 g/mol. The number of anilines is 1. The Morgan fingerprint density at radius 3 is 2.32 bits per heavy atom. The molecule has 0 radical (unpaired) electrons. The second-order valence-electron chi connectivity index (χ2n) is 8.50. The Morgan fingerprint density at radius 1 is 1.03 bits per heavy atom. The molecule has 3 aromatic carbocycles. The molecule has 2 atom stereocenters. The standard InChI is InChI=1S/C26H24Cl2N4O2/c1-16-24(26(33)30-31-14-18-5-3-4-6-19(18)15-31)29-32(23-12-9-20(27)13-22(23)28)25(16)17-7-10-21(34-2)11-8-17/h3-13,16,25H,14-15H2,1-2H3,(H,30,33)/t16-,25+/m0/s1. The number of carbonyl (C=O) groups is 1. The van der Waals surface area contributed by atoms with E-state index in [4.69, 9.17) is 33.0 Å². The highest BCUT2D eigenvalue weighted by molar-refractivity contribution is 6.41. The number of nitrogens with one attached hydrogen (secondary N) is 1. The molecule has 0 bridgehead atoms. The molecule has 3 aromatic rings. The van der Waals surface area contributed by atoms with Crippen molar-refractivity contribution in [3.05, 3.63) is 93.5 Å². The second-order valence-corrected chi connectivity index (χ2v) is 9.34. The van der Waals surface area contributed by atoms with E-state index in [2.05, 4.69) is 17.6 Å². The second kappa shape index (κ2) is 9.29. The minimum absolute atomic E-state index is 0.190. The Labute approximate surface area is 208 Å². The van der Waals surface area contributed by atoms with E-state index in [0.717, 1.165) is 11.3 Å². The van der Waals surface area contributed by atoms with E-state index in [1.54, 1.807) is 19.2 Å². The summed E-state index contributed by atoms with van der Waals surface area (Å²) in [6.07, 6.45) is 0. The lowest BCUT2D eigenvalue weighted by Gasteiger charge is -2.27. The highest BCUT2D eigenvalue weighted by Crippen LogP contribution is 2.42. The summed E-state index contributed by atoms with van der Waals surface area (Å²) in [4.78, 5) is 13.4. The van der Waals surface area contributed by atoms with E-state index in [-0.39, 0.29) is 17.9 Å². The molecule has 2 aliphatic heterocycles. The molecule has 0 spiro atoms. The van der Waals surface area contributed by atoms with Crippen molar-refractivity contribution in [3.8, 4) is 5.75 Å². The molecule has 5 rings (SSSR count). The molecule has 1 N–H and O–H groups in total. The zero-order valence-electron chi connectivity index (χ0n) is 18.8. The molecule has 1 amide bonds. The van der Waals surface area contributed by atoms with Crippen molar-refractivity contribution in [2.45, 2.75) is 26.1 Å². The van der Waals surface area contributed by atoms with Crippen molar-refractivity contribution in [2.24, 2.45) is 11.0 Å². The maximum absolute atomic E-state index is 13.4. The van der Waals surface area contributed by atoms with Crippen LogP contribution in [0.15, 0.2) is 71.8 Å². The predicted octanol–water partition coefficient (Wildman–Crippen LogP) is 5.60. The van der Waals surface area contributed by atoms with Gasteiger partial charge in [0.25, 0.3) is 5.91 Å². The molecule has 0 saturated carbocycles. The number of ether oxygens (including phenoxy) is 1. The van der Waals surface area contributed by atoms with Gasteiger partial charge < -0.3 is 4.74 Å². The van der Waals surface area contributed by atoms with Crippen LogP contribution in [-0.2, 0) is 17.9 Å². The van der Waals surface area contributed by atoms with Crippen molar-refractivity contribution in [1.29, 1.82) is 0 Å². The number of hydrazine groups is 1. The van der Waals surface area contributed by atoms with Crippen LogP contribution >= 0.6 is 23.2 Å². The third-order valence-corrected chi connectivity index (χ3v) is 6.87. The van der Waals surface area contributed by atoms with Gasteiger partial charge in [-0.15, -0.1) is 0 Å². The van der Waals surface area contributed by atoms with Crippen LogP contribution in [0.4, 0.5) is 5.69 Å². The van der Waals surface area contributed by atoms with Crippen LogP contribution in [-0.4, -0.2) is 23.7 Å². The minimum atomic E-state index is -0.221. The van der Waals surface area contributed by atoms with Crippen molar-refractivity contribution < 1.29 is 9.53 Å². The van der Waals surface area contributed by atoms with Gasteiger partial charge in [-0.2, -0.15) is 5.10 Å². The fraction of sp³-hybridized carbons (Fsp3) is 0.231. The molecule has 174 valence electrons. The number of hydrogen-bond donors (Lipinski definition) is 1. The summed E-state index contributed by atoms with van der Waals surface area (Å²) in [5, 5.41) is 9.52. The number of hydrazone groups is 1. The lowest BCUT2D eigenvalue weighted by Crippen LogP contribution is -2.43. The van der Waals surface area contributed by atoms with Crippen LogP contribution in [0.3, 0.4) is 0 Å². The predicted molar refractivity (Wildman–Crippen MR) is 135 cm³/mol. The largest absolute Gasteiger partial charge is 0.497 e. The molecule has 2 heterocycles. The van der Waals surface area contributed by atoms with E-state index in [0.29, 0.717) is 34.5 Å². The van der Waals surface area contributed by atoms with Gasteiger partial charge >= 0.3 is 0 Å². The van der Waals surface area contributed by atoms with Gasteiger partial charge in [0.1, 0.15) is 11.5 Å². The fourth-order valence-corrected chi connectivity index (χ4v) is 5.09. The molecule has 0 unspecified atom stereocenters. The topological polar surface area (TPSA) is 57.2 Å². The SMILES string of the molecule is COc1ccc([C@H]2[C@@H](C)C(C(=O)NN3Cc4ccccc4C3)=NN2c2ccc(Cl)cc2Cl)cc1. The summed E-state index contributed by atoms with van der Waals surface area (Å²) in [5.41, 5.74) is 7.62. The molecule has 0 saturated heterocycles. The average molecular weight is 495 g/mol. The van der Waals surface area contributed by atoms with Crippen molar-refractivity contribution >= 4 is 40.5 Å². The van der Waals surface area contributed by atoms with Crippen molar-refractivity contribution in [1.82, 2.24) is 10.4 Å². The number of amides is 1. The Kier molecular flexibility index (Phi) is 6.21. The summed E-state index contributed by atoms with van der Waals surface area (Å²) in [6.45, 7) is 3.34. The summed E-state index contributed by atoms with van der Waals surface area (Å²) < 4.78 is 5.32. The molecular formula is C26H24Cl2N4O2. The zero-order valence-corrected chi connectivity index (χ0v) is 20.3. The Morgan fingerprint density at radius 2 is 1.71 bits per heavy atom. The average Bonchev–Trinajstić information content (AvgIpc) is 3.39. The van der Waals surface area contributed by atoms with E-state index in [1.165, 1.54) is 11.1 Å². The molecule has 8 heteroatoms. The van der Waals surface area contributed by atoms with Gasteiger partial charge in [0, 0.05) is 24.0 Å². The van der Waals surface area contributed by atoms with Crippen LogP contribution in [0.2, 0.25) is 10.0 Å². The first-order chi connectivity index (χ1) is 16.4. The van der Waals surface area contributed by atoms with Crippen LogP contribution < -0.4 is 15.2 Å². The lowest BCUT2D eigenvalue weighted by molar-refractivity contribution is -0.119. The van der Waals surface area contributed by atoms with Gasteiger partial charge in [-0.25, -0.2) is 5.01 Å². The van der Waals surface area contributed by atoms with E-state index in [9.17, 15) is 4.79 Å². The number of benzene rings is 3. The smallest absolute Gasteiger partial charge is 0.282 e. The lowest BCUT2D eigenvalue weighted by atomic mass is 9.91. The number of rotatable bonds is 5. The number of methoxy groups -OCH3 is 1. The highest BCUT2D eigenvalue weighted by Gasteiger charge is 2.40. The van der Waals surface area contributed by atoms with Crippen LogP contribution in [0.5, 0.6) is 5.75 Å². The van der Waals surface area contributed by atoms with Gasteiger partial charge in [-0.05, 0) is 47.0 Å². The van der Waals surface area contributed by atoms with Crippen molar-refractivity contribution in [2.75, 3.05) is 12.1 Å². The van der Waals surface area contributed by atoms with Crippen molar-refractivity contribution in [3.63, 3.8) is 0 Å². The highest BCUT2D eigenvalue weighted by atomic mass is 35.5. The van der Waals surface area contributed by atoms with Crippen LogP contribution in [0.25, 0.3) is 0 Å². The first-order valence-electron chi connectivity index (χ1n) is 11.0. The summed E-state index contributed by atoms with van der Waals surface area (Å²) in [5.74, 6) is 0.356. The summed E-state index contributed by atoms with van der Waals surface area (Å²) in [7, 11) is 1.63. The minimum Gasteiger partial charge on any atom is -0.497 e. The third kappa shape index (κ3) is 4.25. The molecule has 2 aliphatic rings. The van der Waals surface area contributed by atoms with Gasteiger partial charge in [0.2, 0.25) is 0 Å². The zero-order chi connectivity index (χ0) is 23.8. The number of halogens is 2. The van der Waals surface area contributed by atoms with Gasteiger partial charge in [0.05, 0.1) is 23.9 Å². The van der Waals surface area contributed by atoms with Gasteiger partial charge in [-0.1, -0.05) is 66.5 Å². The van der Waals surface area contributed by atoms with Gasteiger partial charge in [-0.3, -0.25) is 15.2 Å². The molecule has 6 nitrogen and oxygen atoms in total. The van der Waals surface area contributed by atoms with E-state index >= 15 is 0 Å². The van der Waals surface area contributed by atoms with E-state index in [1.807, 2.05) is 59.4 Å². The summed E-state index contributed by atoms with van der Waals surface area (Å²) in [6, 6.07) is 21.1. The maximum Gasteiger partial charge on any atom is 0.282 e. The Balaban J connectivity index is 1.45. The van der Waals surface area contributed by atoms with Crippen LogP contribution in [0.1, 0.15) is 29.7 Å². The Bertz CT molecular complexity index is 1240. The quantitative estimate of drug-likeness (QED) is 0.501. The van der Waals surface area contributed by atoms with Crippen LogP contribution in [0, 0.1) is 5.92 Å². The first kappa shape index (κ1) is 22.7. The maximum atomic E-state index is 13.4. The molecule has 34 heavy (non-hydrogen) atoms. The summed E-state index contributed by atoms with van der Waals surface area (Å²) >= 11 is 12.7. The normalized spacial score (nSPS) is 19.6. The van der Waals surface area contributed by atoms with Gasteiger partial charge in [0.15, 0.2) is 0 Å². The third-order valence-electron chi connectivity index (χ3n) is 6.33.